The maximum Gasteiger partial charge on any atom is 0.134 e. The summed E-state index contributed by atoms with van der Waals surface area (Å²) >= 11 is 30.1. The predicted molar refractivity (Wildman–Crippen MR) is 78.6 cm³/mol. The van der Waals surface area contributed by atoms with Crippen LogP contribution in [0.25, 0.3) is 11.1 Å². The van der Waals surface area contributed by atoms with Gasteiger partial charge in [0.1, 0.15) is 5.75 Å². The zero-order chi connectivity index (χ0) is 13.4. The molecule has 6 heteroatoms. The lowest BCUT2D eigenvalue weighted by atomic mass is 10.0. The fraction of sp³-hybridized carbons (Fsp3) is 0. The van der Waals surface area contributed by atoms with E-state index in [4.69, 9.17) is 58.0 Å². The van der Waals surface area contributed by atoms with Gasteiger partial charge >= 0.3 is 0 Å². The number of hydrogen-bond acceptors (Lipinski definition) is 1. The number of aromatic hydroxyl groups is 1. The van der Waals surface area contributed by atoms with Crippen molar-refractivity contribution in [3.63, 3.8) is 0 Å². The number of hydrogen-bond donors (Lipinski definition) is 1. The van der Waals surface area contributed by atoms with E-state index in [1.807, 2.05) is 0 Å². The third-order valence-corrected chi connectivity index (χ3v) is 3.84. The number of phenols is 1. The third kappa shape index (κ3) is 2.52. The summed E-state index contributed by atoms with van der Waals surface area (Å²) in [5, 5.41) is 11.1. The Morgan fingerprint density at radius 1 is 0.722 bits per heavy atom. The average Bonchev–Trinajstić information content (AvgIpc) is 2.27. The number of phenolic OH excluding ortho intramolecular Hbond substituents is 1. The molecule has 2 rings (SSSR count). The van der Waals surface area contributed by atoms with Crippen LogP contribution in [0, 0.1) is 0 Å². The highest BCUT2D eigenvalue weighted by Gasteiger charge is 2.18. The summed E-state index contributed by atoms with van der Waals surface area (Å²) in [5.41, 5.74) is 0.818. The second-order valence-corrected chi connectivity index (χ2v) is 5.54. The Balaban J connectivity index is 2.81. The molecule has 0 aliphatic rings. The Kier molecular flexibility index (Phi) is 4.20. The SMILES string of the molecule is Oc1ccc(Cl)c(-c2c(Cl)cc(Cl)cc2Cl)c1Cl. The summed E-state index contributed by atoms with van der Waals surface area (Å²) in [7, 11) is 0. The lowest BCUT2D eigenvalue weighted by Gasteiger charge is -2.12. The van der Waals surface area contributed by atoms with E-state index in [9.17, 15) is 5.11 Å². The van der Waals surface area contributed by atoms with Gasteiger partial charge in [-0.05, 0) is 24.3 Å². The molecule has 0 spiro atoms. The monoisotopic (exact) mass is 340 g/mol. The van der Waals surface area contributed by atoms with Crippen LogP contribution in [0.5, 0.6) is 5.75 Å². The van der Waals surface area contributed by atoms with Crippen molar-refractivity contribution in [3.8, 4) is 16.9 Å². The third-order valence-electron chi connectivity index (χ3n) is 2.33. The minimum Gasteiger partial charge on any atom is -0.506 e. The van der Waals surface area contributed by atoms with E-state index in [1.54, 1.807) is 0 Å². The Morgan fingerprint density at radius 3 is 1.83 bits per heavy atom. The van der Waals surface area contributed by atoms with Crippen molar-refractivity contribution in [1.82, 2.24) is 0 Å². The summed E-state index contributed by atoms with van der Waals surface area (Å²) in [6.07, 6.45) is 0. The van der Waals surface area contributed by atoms with Crippen molar-refractivity contribution in [2.45, 2.75) is 0 Å². The molecule has 0 atom stereocenters. The van der Waals surface area contributed by atoms with Crippen LogP contribution in [0.1, 0.15) is 0 Å². The van der Waals surface area contributed by atoms with Crippen LogP contribution >= 0.6 is 58.0 Å². The van der Waals surface area contributed by atoms with Crippen LogP contribution in [-0.4, -0.2) is 5.11 Å². The smallest absolute Gasteiger partial charge is 0.134 e. The zero-order valence-corrected chi connectivity index (χ0v) is 12.4. The van der Waals surface area contributed by atoms with Gasteiger partial charge in [0.25, 0.3) is 0 Å². The molecule has 2 aromatic carbocycles. The van der Waals surface area contributed by atoms with Crippen LogP contribution in [0.4, 0.5) is 0 Å². The van der Waals surface area contributed by atoms with Gasteiger partial charge < -0.3 is 5.11 Å². The van der Waals surface area contributed by atoms with Crippen molar-refractivity contribution in [2.75, 3.05) is 0 Å². The zero-order valence-electron chi connectivity index (χ0n) is 8.65. The highest BCUT2D eigenvalue weighted by atomic mass is 35.5. The quantitative estimate of drug-likeness (QED) is 0.642. The minimum absolute atomic E-state index is 0.0913. The van der Waals surface area contributed by atoms with E-state index < -0.39 is 0 Å². The van der Waals surface area contributed by atoms with Gasteiger partial charge in [-0.25, -0.2) is 0 Å². The Hall–Kier alpha value is -0.310. The van der Waals surface area contributed by atoms with Crippen molar-refractivity contribution in [1.29, 1.82) is 0 Å². The molecule has 0 radical (unpaired) electrons. The molecule has 94 valence electrons. The topological polar surface area (TPSA) is 20.2 Å². The molecule has 18 heavy (non-hydrogen) atoms. The van der Waals surface area contributed by atoms with Crippen LogP contribution in [0.3, 0.4) is 0 Å². The predicted octanol–water partition coefficient (Wildman–Crippen LogP) is 6.33. The maximum absolute atomic E-state index is 9.62. The van der Waals surface area contributed by atoms with Gasteiger partial charge in [0.05, 0.1) is 20.1 Å². The first kappa shape index (κ1) is 14.1. The van der Waals surface area contributed by atoms with E-state index >= 15 is 0 Å². The van der Waals surface area contributed by atoms with Gasteiger partial charge in [0, 0.05) is 16.1 Å². The van der Waals surface area contributed by atoms with Crippen LogP contribution in [0.15, 0.2) is 24.3 Å². The molecule has 0 aliphatic heterocycles. The molecule has 0 aromatic heterocycles. The first-order valence-electron chi connectivity index (χ1n) is 4.73. The van der Waals surface area contributed by atoms with E-state index in [0.717, 1.165) is 0 Å². The summed E-state index contributed by atoms with van der Waals surface area (Å²) in [6.45, 7) is 0. The minimum atomic E-state index is -0.0989. The Morgan fingerprint density at radius 2 is 1.28 bits per heavy atom. The van der Waals surface area contributed by atoms with Crippen molar-refractivity contribution in [2.24, 2.45) is 0 Å². The molecule has 0 fully saturated rings. The van der Waals surface area contributed by atoms with Crippen LogP contribution in [-0.2, 0) is 0 Å². The van der Waals surface area contributed by atoms with Crippen molar-refractivity contribution >= 4 is 58.0 Å². The van der Waals surface area contributed by atoms with Crippen LogP contribution in [0.2, 0.25) is 25.1 Å². The number of benzene rings is 2. The molecule has 2 aromatic rings. The molecular formula is C12H5Cl5O. The Labute approximate surface area is 129 Å². The lowest BCUT2D eigenvalue weighted by Crippen LogP contribution is -1.86. The van der Waals surface area contributed by atoms with Gasteiger partial charge in [0.15, 0.2) is 0 Å². The summed E-state index contributed by atoms with van der Waals surface area (Å²) in [5.74, 6) is -0.0989. The molecule has 1 nitrogen and oxygen atoms in total. The molecule has 0 aliphatic carbocycles. The van der Waals surface area contributed by atoms with Gasteiger partial charge in [-0.2, -0.15) is 0 Å². The number of halogens is 5. The van der Waals surface area contributed by atoms with E-state index in [-0.39, 0.29) is 10.8 Å². The average molecular weight is 342 g/mol. The van der Waals surface area contributed by atoms with Crippen molar-refractivity contribution in [3.05, 3.63) is 49.4 Å². The highest BCUT2D eigenvalue weighted by molar-refractivity contribution is 6.45. The summed E-state index contributed by atoms with van der Waals surface area (Å²) < 4.78 is 0. The van der Waals surface area contributed by atoms with E-state index in [0.29, 0.717) is 31.2 Å². The summed E-state index contributed by atoms with van der Waals surface area (Å²) in [6, 6.07) is 5.97. The molecule has 0 saturated carbocycles. The summed E-state index contributed by atoms with van der Waals surface area (Å²) in [4.78, 5) is 0. The number of rotatable bonds is 1. The standard InChI is InChI=1S/C12H5Cl5O/c13-5-3-7(15)10(8(16)4-5)11-6(14)1-2-9(18)12(11)17/h1-4,18H. The first-order chi connectivity index (χ1) is 8.41. The second-order valence-electron chi connectivity index (χ2n) is 3.50. The maximum atomic E-state index is 9.62. The van der Waals surface area contributed by atoms with E-state index in [2.05, 4.69) is 0 Å². The van der Waals surface area contributed by atoms with Gasteiger partial charge in [0.2, 0.25) is 0 Å². The normalized spacial score (nSPS) is 10.7. The fourth-order valence-electron chi connectivity index (χ4n) is 1.55. The highest BCUT2D eigenvalue weighted by Crippen LogP contribution is 2.46. The lowest BCUT2D eigenvalue weighted by molar-refractivity contribution is 0.476. The first-order valence-corrected chi connectivity index (χ1v) is 6.62. The van der Waals surface area contributed by atoms with Gasteiger partial charge in [-0.15, -0.1) is 0 Å². The molecular weight excluding hydrogens is 337 g/mol. The fourth-order valence-corrected chi connectivity index (χ4v) is 3.12. The van der Waals surface area contributed by atoms with Gasteiger partial charge in [-0.3, -0.25) is 0 Å². The van der Waals surface area contributed by atoms with Gasteiger partial charge in [-0.1, -0.05) is 58.0 Å². The molecule has 0 saturated heterocycles. The second kappa shape index (κ2) is 5.36. The Bertz CT molecular complexity index is 601. The molecule has 0 heterocycles. The van der Waals surface area contributed by atoms with Crippen LogP contribution < -0.4 is 0 Å². The largest absolute Gasteiger partial charge is 0.506 e. The molecule has 1 N–H and O–H groups in total. The van der Waals surface area contributed by atoms with Crippen molar-refractivity contribution < 1.29 is 5.11 Å². The molecule has 0 unspecified atom stereocenters. The molecule has 0 amide bonds. The molecule has 0 bridgehead atoms. The van der Waals surface area contributed by atoms with E-state index in [1.165, 1.54) is 24.3 Å².